The number of piperidine rings is 1. The van der Waals surface area contributed by atoms with Crippen molar-refractivity contribution < 1.29 is 8.42 Å². The Morgan fingerprint density at radius 1 is 1.28 bits per heavy atom. The van der Waals surface area contributed by atoms with E-state index in [0.717, 1.165) is 35.7 Å². The summed E-state index contributed by atoms with van der Waals surface area (Å²) in [4.78, 5) is 9.36. The van der Waals surface area contributed by atoms with Crippen molar-refractivity contribution in [1.29, 1.82) is 0 Å². The third-order valence-corrected chi connectivity index (χ3v) is 5.78. The highest BCUT2D eigenvalue weighted by Gasteiger charge is 2.29. The van der Waals surface area contributed by atoms with E-state index in [4.69, 9.17) is 4.98 Å². The minimum Gasteiger partial charge on any atom is -0.261 e. The molecule has 1 unspecified atom stereocenters. The first-order chi connectivity index (χ1) is 11.8. The van der Waals surface area contributed by atoms with Crippen molar-refractivity contribution in [3.8, 4) is 11.4 Å². The SMILES string of the molecule is Cc1cc(-c2ccnn2C(C)C)nc(C2CCCN(S(C)(=O)=O)C2)n1. The average Bonchev–Trinajstić information content (AvgIpc) is 3.03. The Balaban J connectivity index is 1.96. The predicted octanol–water partition coefficient (Wildman–Crippen LogP) is 2.37. The average molecular weight is 363 g/mol. The molecule has 2 aromatic heterocycles. The van der Waals surface area contributed by atoms with E-state index >= 15 is 0 Å². The van der Waals surface area contributed by atoms with Crippen LogP contribution in [0.3, 0.4) is 0 Å². The monoisotopic (exact) mass is 363 g/mol. The van der Waals surface area contributed by atoms with Crippen LogP contribution in [0.4, 0.5) is 0 Å². The molecule has 0 spiro atoms. The summed E-state index contributed by atoms with van der Waals surface area (Å²) < 4.78 is 27.2. The Bertz CT molecular complexity index is 860. The second-order valence-corrected chi connectivity index (χ2v) is 8.95. The fourth-order valence-electron chi connectivity index (χ4n) is 3.29. The Hall–Kier alpha value is -1.80. The number of nitrogens with zero attached hydrogens (tertiary/aromatic N) is 5. The summed E-state index contributed by atoms with van der Waals surface area (Å²) in [7, 11) is -3.18. The van der Waals surface area contributed by atoms with Gasteiger partial charge in [0.25, 0.3) is 0 Å². The third-order valence-electron chi connectivity index (χ3n) is 4.51. The van der Waals surface area contributed by atoms with Gasteiger partial charge >= 0.3 is 0 Å². The second kappa shape index (κ2) is 6.84. The quantitative estimate of drug-likeness (QED) is 0.833. The van der Waals surface area contributed by atoms with Crippen LogP contribution < -0.4 is 0 Å². The summed E-state index contributed by atoms with van der Waals surface area (Å²) in [6.07, 6.45) is 4.77. The Kier molecular flexibility index (Phi) is 4.92. The van der Waals surface area contributed by atoms with Gasteiger partial charge in [0.15, 0.2) is 0 Å². The standard InChI is InChI=1S/C17H25N5O2S/c1-12(2)22-16(7-8-18-22)15-10-13(3)19-17(20-15)14-6-5-9-21(11-14)25(4,23)24/h7-8,10,12,14H,5-6,9,11H2,1-4H3. The topological polar surface area (TPSA) is 81.0 Å². The van der Waals surface area contributed by atoms with E-state index in [1.165, 1.54) is 10.6 Å². The van der Waals surface area contributed by atoms with Crippen LogP contribution in [0.15, 0.2) is 18.3 Å². The van der Waals surface area contributed by atoms with Crippen LogP contribution in [0.2, 0.25) is 0 Å². The smallest absolute Gasteiger partial charge is 0.211 e. The molecule has 1 atom stereocenters. The van der Waals surface area contributed by atoms with Crippen LogP contribution in [0.5, 0.6) is 0 Å². The Labute approximate surface area is 149 Å². The molecule has 7 nitrogen and oxygen atoms in total. The van der Waals surface area contributed by atoms with E-state index in [-0.39, 0.29) is 12.0 Å². The van der Waals surface area contributed by atoms with Gasteiger partial charge in [0.05, 0.1) is 17.6 Å². The van der Waals surface area contributed by atoms with Crippen molar-refractivity contribution >= 4 is 10.0 Å². The summed E-state index contributed by atoms with van der Waals surface area (Å²) in [6.45, 7) is 7.13. The molecule has 1 saturated heterocycles. The van der Waals surface area contributed by atoms with Crippen molar-refractivity contribution in [3.05, 3.63) is 29.8 Å². The summed E-state index contributed by atoms with van der Waals surface area (Å²) in [5.74, 6) is 0.748. The number of sulfonamides is 1. The second-order valence-electron chi connectivity index (χ2n) is 6.97. The summed E-state index contributed by atoms with van der Waals surface area (Å²) in [5.41, 5.74) is 2.68. The molecule has 0 amide bonds. The number of hydrogen-bond donors (Lipinski definition) is 0. The summed E-state index contributed by atoms with van der Waals surface area (Å²) in [5, 5.41) is 4.38. The van der Waals surface area contributed by atoms with Gasteiger partial charge < -0.3 is 0 Å². The molecule has 2 aromatic rings. The highest BCUT2D eigenvalue weighted by molar-refractivity contribution is 7.88. The van der Waals surface area contributed by atoms with E-state index in [1.54, 1.807) is 6.20 Å². The molecule has 0 aromatic carbocycles. The zero-order valence-electron chi connectivity index (χ0n) is 15.2. The highest BCUT2D eigenvalue weighted by Crippen LogP contribution is 2.28. The molecular weight excluding hydrogens is 338 g/mol. The molecule has 3 rings (SSSR count). The van der Waals surface area contributed by atoms with Gasteiger partial charge in [-0.15, -0.1) is 0 Å². The van der Waals surface area contributed by atoms with Gasteiger partial charge in [-0.25, -0.2) is 22.7 Å². The molecule has 0 N–H and O–H groups in total. The largest absolute Gasteiger partial charge is 0.261 e. The number of hydrogen-bond acceptors (Lipinski definition) is 5. The highest BCUT2D eigenvalue weighted by atomic mass is 32.2. The maximum Gasteiger partial charge on any atom is 0.211 e. The van der Waals surface area contributed by atoms with Gasteiger partial charge in [0, 0.05) is 36.9 Å². The fourth-order valence-corrected chi connectivity index (χ4v) is 4.20. The normalized spacial score (nSPS) is 19.5. The summed E-state index contributed by atoms with van der Waals surface area (Å²) >= 11 is 0. The van der Waals surface area contributed by atoms with Crippen molar-refractivity contribution in [3.63, 3.8) is 0 Å². The van der Waals surface area contributed by atoms with Gasteiger partial charge in [0.2, 0.25) is 10.0 Å². The van der Waals surface area contributed by atoms with Crippen LogP contribution in [0.1, 0.15) is 50.2 Å². The third kappa shape index (κ3) is 3.90. The van der Waals surface area contributed by atoms with Crippen LogP contribution in [0, 0.1) is 6.92 Å². The number of aryl methyl sites for hydroxylation is 1. The van der Waals surface area contributed by atoms with E-state index in [9.17, 15) is 8.42 Å². The fraction of sp³-hybridized carbons (Fsp3) is 0.588. The minimum atomic E-state index is -3.18. The van der Waals surface area contributed by atoms with Crippen LogP contribution in [0.25, 0.3) is 11.4 Å². The molecule has 0 bridgehead atoms. The molecule has 0 radical (unpaired) electrons. The maximum absolute atomic E-state index is 11.9. The molecule has 136 valence electrons. The first kappa shape index (κ1) is 18.0. The molecule has 1 fully saturated rings. The Morgan fingerprint density at radius 2 is 2.04 bits per heavy atom. The number of rotatable bonds is 4. The van der Waals surface area contributed by atoms with Crippen LogP contribution in [-0.4, -0.2) is 51.8 Å². The van der Waals surface area contributed by atoms with Gasteiger partial charge in [0.1, 0.15) is 5.82 Å². The molecule has 1 aliphatic heterocycles. The first-order valence-electron chi connectivity index (χ1n) is 8.60. The van der Waals surface area contributed by atoms with Crippen molar-refractivity contribution in [1.82, 2.24) is 24.1 Å². The first-order valence-corrected chi connectivity index (χ1v) is 10.4. The van der Waals surface area contributed by atoms with E-state index in [1.807, 2.05) is 23.7 Å². The lowest BCUT2D eigenvalue weighted by molar-refractivity contribution is 0.311. The van der Waals surface area contributed by atoms with Gasteiger partial charge in [-0.3, -0.25) is 4.68 Å². The van der Waals surface area contributed by atoms with E-state index < -0.39 is 10.0 Å². The van der Waals surface area contributed by atoms with Crippen LogP contribution >= 0.6 is 0 Å². The zero-order chi connectivity index (χ0) is 18.2. The van der Waals surface area contributed by atoms with Gasteiger partial charge in [-0.1, -0.05) is 0 Å². The van der Waals surface area contributed by atoms with Gasteiger partial charge in [-0.05, 0) is 45.7 Å². The van der Waals surface area contributed by atoms with E-state index in [0.29, 0.717) is 13.1 Å². The molecule has 0 aliphatic carbocycles. The van der Waals surface area contributed by atoms with Crippen molar-refractivity contribution in [2.24, 2.45) is 0 Å². The van der Waals surface area contributed by atoms with Crippen molar-refractivity contribution in [2.45, 2.75) is 45.6 Å². The lowest BCUT2D eigenvalue weighted by atomic mass is 9.98. The molecule has 3 heterocycles. The maximum atomic E-state index is 11.9. The molecule has 8 heteroatoms. The molecule has 0 saturated carbocycles. The zero-order valence-corrected chi connectivity index (χ0v) is 16.0. The number of aromatic nitrogens is 4. The molecular formula is C17H25N5O2S. The molecule has 1 aliphatic rings. The van der Waals surface area contributed by atoms with Crippen molar-refractivity contribution in [2.75, 3.05) is 19.3 Å². The lowest BCUT2D eigenvalue weighted by Crippen LogP contribution is -2.38. The predicted molar refractivity (Wildman–Crippen MR) is 96.8 cm³/mol. The Morgan fingerprint density at radius 3 is 2.72 bits per heavy atom. The van der Waals surface area contributed by atoms with Gasteiger partial charge in [-0.2, -0.15) is 5.10 Å². The molecule has 25 heavy (non-hydrogen) atoms. The summed E-state index contributed by atoms with van der Waals surface area (Å²) in [6, 6.07) is 4.14. The lowest BCUT2D eigenvalue weighted by Gasteiger charge is -2.30. The van der Waals surface area contributed by atoms with E-state index in [2.05, 4.69) is 23.9 Å². The minimum absolute atomic E-state index is 0.0255. The van der Waals surface area contributed by atoms with Crippen LogP contribution in [-0.2, 0) is 10.0 Å².